The maximum atomic E-state index is 12.7. The van der Waals surface area contributed by atoms with Crippen LogP contribution in [0, 0.1) is 6.92 Å². The summed E-state index contributed by atoms with van der Waals surface area (Å²) in [7, 11) is 0. The van der Waals surface area contributed by atoms with Gasteiger partial charge in [-0.25, -0.2) is 8.78 Å². The van der Waals surface area contributed by atoms with Crippen molar-refractivity contribution in [1.29, 1.82) is 0 Å². The van der Waals surface area contributed by atoms with Crippen molar-refractivity contribution in [2.45, 2.75) is 32.2 Å². The summed E-state index contributed by atoms with van der Waals surface area (Å²) in [6, 6.07) is 1.13. The Morgan fingerprint density at radius 2 is 2.21 bits per heavy atom. The van der Waals surface area contributed by atoms with Crippen LogP contribution in [0.25, 0.3) is 0 Å². The molecule has 0 aromatic carbocycles. The summed E-state index contributed by atoms with van der Waals surface area (Å²) in [4.78, 5) is 0.717. The highest BCUT2D eigenvalue weighted by Crippen LogP contribution is 2.34. The van der Waals surface area contributed by atoms with E-state index in [0.717, 1.165) is 12.5 Å². The fraction of sp³-hybridized carbons (Fsp3) is 0.556. The first-order valence-corrected chi connectivity index (χ1v) is 5.38. The van der Waals surface area contributed by atoms with Crippen molar-refractivity contribution in [2.75, 3.05) is 0 Å². The molecule has 1 rings (SSSR count). The summed E-state index contributed by atoms with van der Waals surface area (Å²) >= 11 is 7.09. The van der Waals surface area contributed by atoms with Gasteiger partial charge < -0.3 is 5.73 Å². The average molecular weight is 240 g/mol. The lowest BCUT2D eigenvalue weighted by atomic mass is 10.1. The highest BCUT2D eigenvalue weighted by Gasteiger charge is 2.26. The smallest absolute Gasteiger partial charge is 0.247 e. The third-order valence-corrected chi connectivity index (χ3v) is 3.51. The van der Waals surface area contributed by atoms with E-state index < -0.39 is 12.0 Å². The molecule has 0 aliphatic rings. The van der Waals surface area contributed by atoms with Crippen molar-refractivity contribution in [3.05, 3.63) is 20.8 Å². The lowest BCUT2D eigenvalue weighted by Gasteiger charge is -2.14. The van der Waals surface area contributed by atoms with Crippen LogP contribution < -0.4 is 5.73 Å². The number of hydrogen-bond donors (Lipinski definition) is 1. The summed E-state index contributed by atoms with van der Waals surface area (Å²) in [6.45, 7) is 2.70. The summed E-state index contributed by atoms with van der Waals surface area (Å²) < 4.78 is 25.9. The van der Waals surface area contributed by atoms with Crippen LogP contribution in [-0.4, -0.2) is 5.92 Å². The molecule has 0 spiro atoms. The van der Waals surface area contributed by atoms with Gasteiger partial charge in [-0.1, -0.05) is 11.6 Å². The molecule has 5 heteroatoms. The topological polar surface area (TPSA) is 26.0 Å². The Bertz CT molecular complexity index is 300. The van der Waals surface area contributed by atoms with Gasteiger partial charge in [0.05, 0.1) is 4.34 Å². The first-order valence-electron chi connectivity index (χ1n) is 4.19. The molecular weight excluding hydrogens is 228 g/mol. The molecule has 0 fully saturated rings. The van der Waals surface area contributed by atoms with E-state index in [0.29, 0.717) is 9.21 Å². The summed E-state index contributed by atoms with van der Waals surface area (Å²) in [5, 5.41) is 0. The third-order valence-electron chi connectivity index (χ3n) is 1.82. The quantitative estimate of drug-likeness (QED) is 0.854. The van der Waals surface area contributed by atoms with Gasteiger partial charge in [0, 0.05) is 17.3 Å². The van der Waals surface area contributed by atoms with Gasteiger partial charge in [0.15, 0.2) is 0 Å². The molecule has 0 aliphatic heterocycles. The van der Waals surface area contributed by atoms with Gasteiger partial charge in [-0.15, -0.1) is 11.3 Å². The predicted molar refractivity (Wildman–Crippen MR) is 56.2 cm³/mol. The van der Waals surface area contributed by atoms with Crippen molar-refractivity contribution in [3.8, 4) is 0 Å². The SMILES string of the molecule is Cc1cc(C(N)CC(C)(F)F)sc1Cl. The predicted octanol–water partition coefficient (Wildman–Crippen LogP) is 3.76. The Kier molecular flexibility index (Phi) is 3.50. The van der Waals surface area contributed by atoms with Crippen LogP contribution in [0.2, 0.25) is 4.34 Å². The number of halogens is 3. The summed E-state index contributed by atoms with van der Waals surface area (Å²) in [5.74, 6) is -2.73. The molecule has 0 aliphatic carbocycles. The van der Waals surface area contributed by atoms with Crippen LogP contribution in [-0.2, 0) is 0 Å². The molecule has 0 radical (unpaired) electrons. The molecule has 0 bridgehead atoms. The zero-order chi connectivity index (χ0) is 10.9. The van der Waals surface area contributed by atoms with E-state index in [1.54, 1.807) is 6.07 Å². The van der Waals surface area contributed by atoms with Crippen molar-refractivity contribution in [1.82, 2.24) is 0 Å². The number of aryl methyl sites for hydroxylation is 1. The fourth-order valence-electron chi connectivity index (χ4n) is 1.15. The Hall–Kier alpha value is -0.190. The lowest BCUT2D eigenvalue weighted by Crippen LogP contribution is -2.20. The van der Waals surface area contributed by atoms with Gasteiger partial charge in [-0.05, 0) is 25.5 Å². The number of hydrogen-bond acceptors (Lipinski definition) is 2. The van der Waals surface area contributed by atoms with Crippen LogP contribution >= 0.6 is 22.9 Å². The average Bonchev–Trinajstić information content (AvgIpc) is 2.28. The molecule has 2 N–H and O–H groups in total. The second-order valence-electron chi connectivity index (χ2n) is 3.49. The first-order chi connectivity index (χ1) is 6.29. The molecule has 1 atom stereocenters. The Morgan fingerprint density at radius 3 is 2.57 bits per heavy atom. The van der Waals surface area contributed by atoms with Crippen LogP contribution in [0.1, 0.15) is 29.8 Å². The van der Waals surface area contributed by atoms with E-state index in [4.69, 9.17) is 17.3 Å². The van der Waals surface area contributed by atoms with Crippen LogP contribution in [0.15, 0.2) is 6.07 Å². The molecule has 0 amide bonds. The fourth-order valence-corrected chi connectivity index (χ4v) is 2.37. The van der Waals surface area contributed by atoms with E-state index in [-0.39, 0.29) is 6.42 Å². The molecule has 0 saturated heterocycles. The van der Waals surface area contributed by atoms with E-state index in [9.17, 15) is 8.78 Å². The Balaban J connectivity index is 2.75. The Morgan fingerprint density at radius 1 is 1.64 bits per heavy atom. The Labute approximate surface area is 90.9 Å². The van der Waals surface area contributed by atoms with Crippen LogP contribution in [0.4, 0.5) is 8.78 Å². The molecule has 0 saturated carbocycles. The summed E-state index contributed by atoms with van der Waals surface area (Å²) in [6.07, 6.45) is -0.344. The van der Waals surface area contributed by atoms with Gasteiger partial charge >= 0.3 is 0 Å². The molecule has 1 aromatic rings. The van der Waals surface area contributed by atoms with Gasteiger partial charge in [-0.2, -0.15) is 0 Å². The van der Waals surface area contributed by atoms with Gasteiger partial charge in [0.25, 0.3) is 0 Å². The second kappa shape index (κ2) is 4.13. The number of alkyl halides is 2. The molecule has 1 nitrogen and oxygen atoms in total. The minimum atomic E-state index is -2.73. The highest BCUT2D eigenvalue weighted by atomic mass is 35.5. The standard InChI is InChI=1S/C9H12ClF2NS/c1-5-3-7(14-8(5)10)6(13)4-9(2,11)12/h3,6H,4,13H2,1-2H3. The maximum Gasteiger partial charge on any atom is 0.247 e. The van der Waals surface area contributed by atoms with Crippen molar-refractivity contribution in [2.24, 2.45) is 5.73 Å². The van der Waals surface area contributed by atoms with E-state index in [1.165, 1.54) is 11.3 Å². The van der Waals surface area contributed by atoms with Crippen molar-refractivity contribution >= 4 is 22.9 Å². The zero-order valence-corrected chi connectivity index (χ0v) is 9.55. The molecular formula is C9H12ClF2NS. The van der Waals surface area contributed by atoms with Crippen molar-refractivity contribution < 1.29 is 8.78 Å². The lowest BCUT2D eigenvalue weighted by molar-refractivity contribution is 0.00646. The first kappa shape index (κ1) is 11.9. The maximum absolute atomic E-state index is 12.7. The minimum Gasteiger partial charge on any atom is -0.323 e. The largest absolute Gasteiger partial charge is 0.323 e. The van der Waals surface area contributed by atoms with E-state index in [2.05, 4.69) is 0 Å². The van der Waals surface area contributed by atoms with E-state index in [1.807, 2.05) is 6.92 Å². The van der Waals surface area contributed by atoms with Gasteiger partial charge in [-0.3, -0.25) is 0 Å². The van der Waals surface area contributed by atoms with Crippen LogP contribution in [0.5, 0.6) is 0 Å². The normalized spacial score (nSPS) is 14.4. The summed E-state index contributed by atoms with van der Waals surface area (Å²) in [5.41, 5.74) is 6.53. The van der Waals surface area contributed by atoms with Crippen LogP contribution in [0.3, 0.4) is 0 Å². The molecule has 1 aromatic heterocycles. The number of nitrogens with two attached hydrogens (primary N) is 1. The zero-order valence-electron chi connectivity index (χ0n) is 7.98. The third kappa shape index (κ3) is 3.19. The minimum absolute atomic E-state index is 0.344. The second-order valence-corrected chi connectivity index (χ2v) is 5.17. The van der Waals surface area contributed by atoms with Gasteiger partial charge in [0.1, 0.15) is 0 Å². The molecule has 14 heavy (non-hydrogen) atoms. The molecule has 1 unspecified atom stereocenters. The van der Waals surface area contributed by atoms with Gasteiger partial charge in [0.2, 0.25) is 5.92 Å². The highest BCUT2D eigenvalue weighted by molar-refractivity contribution is 7.16. The molecule has 1 heterocycles. The number of thiophene rings is 1. The van der Waals surface area contributed by atoms with Crippen molar-refractivity contribution in [3.63, 3.8) is 0 Å². The molecule has 80 valence electrons. The van der Waals surface area contributed by atoms with E-state index >= 15 is 0 Å². The number of rotatable bonds is 3. The monoisotopic (exact) mass is 239 g/mol.